The highest BCUT2D eigenvalue weighted by Crippen LogP contribution is 2.27. The summed E-state index contributed by atoms with van der Waals surface area (Å²) in [6, 6.07) is 11.7. The highest BCUT2D eigenvalue weighted by molar-refractivity contribution is 5.82. The van der Waals surface area contributed by atoms with Gasteiger partial charge < -0.3 is 9.73 Å². The maximum Gasteiger partial charge on any atom is 0.336 e. The van der Waals surface area contributed by atoms with Crippen LogP contribution in [0.4, 0.5) is 11.4 Å². The van der Waals surface area contributed by atoms with Crippen molar-refractivity contribution < 1.29 is 9.34 Å². The van der Waals surface area contributed by atoms with E-state index in [9.17, 15) is 14.9 Å². The summed E-state index contributed by atoms with van der Waals surface area (Å²) in [7, 11) is 0. The van der Waals surface area contributed by atoms with Crippen molar-refractivity contribution in [2.24, 2.45) is 0 Å². The molecule has 1 N–H and O–H groups in total. The molecular formula is C20H20N2O4. The second kappa shape index (κ2) is 7.00. The summed E-state index contributed by atoms with van der Waals surface area (Å²) in [6.07, 6.45) is 0. The van der Waals surface area contributed by atoms with Crippen LogP contribution in [-0.4, -0.2) is 4.92 Å². The molecule has 0 bridgehead atoms. The Bertz CT molecular complexity index is 1040. The molecule has 0 saturated heterocycles. The van der Waals surface area contributed by atoms with Gasteiger partial charge in [-0.1, -0.05) is 19.9 Å². The zero-order valence-electron chi connectivity index (χ0n) is 14.9. The molecule has 0 aliphatic rings. The summed E-state index contributed by atoms with van der Waals surface area (Å²) in [5.41, 5.74) is 3.86. The summed E-state index contributed by atoms with van der Waals surface area (Å²) in [4.78, 5) is 22.4. The predicted molar refractivity (Wildman–Crippen MR) is 102 cm³/mol. The number of anilines is 1. The molecule has 0 aliphatic carbocycles. The van der Waals surface area contributed by atoms with Crippen LogP contribution in [0.3, 0.4) is 0 Å². The van der Waals surface area contributed by atoms with Gasteiger partial charge in [0.2, 0.25) is 0 Å². The van der Waals surface area contributed by atoms with Gasteiger partial charge in [0.05, 0.1) is 4.92 Å². The summed E-state index contributed by atoms with van der Waals surface area (Å²) >= 11 is 0. The molecule has 0 unspecified atom stereocenters. The molecule has 0 amide bonds. The molecule has 0 radical (unpaired) electrons. The molecule has 0 saturated carbocycles. The minimum atomic E-state index is -0.435. The van der Waals surface area contributed by atoms with Crippen LogP contribution in [0.1, 0.15) is 36.5 Å². The monoisotopic (exact) mass is 352 g/mol. The first-order valence-electron chi connectivity index (χ1n) is 8.41. The first kappa shape index (κ1) is 17.7. The Hall–Kier alpha value is -3.15. The topological polar surface area (TPSA) is 85.4 Å². The van der Waals surface area contributed by atoms with Crippen molar-refractivity contribution >= 4 is 22.3 Å². The maximum atomic E-state index is 11.9. The molecule has 6 nitrogen and oxygen atoms in total. The largest absolute Gasteiger partial charge is 0.423 e. The van der Waals surface area contributed by atoms with Crippen molar-refractivity contribution in [3.8, 4) is 0 Å². The van der Waals surface area contributed by atoms with Crippen LogP contribution in [0.25, 0.3) is 11.0 Å². The van der Waals surface area contributed by atoms with Gasteiger partial charge in [-0.3, -0.25) is 10.1 Å². The maximum absolute atomic E-state index is 11.9. The fraction of sp³-hybridized carbons (Fsp3) is 0.250. The first-order valence-corrected chi connectivity index (χ1v) is 8.41. The number of non-ortho nitro benzene ring substituents is 1. The molecule has 26 heavy (non-hydrogen) atoms. The fourth-order valence-electron chi connectivity index (χ4n) is 3.09. The summed E-state index contributed by atoms with van der Waals surface area (Å²) in [5.74, 6) is 0.351. The predicted octanol–water partition coefficient (Wildman–Crippen LogP) is 4.75. The van der Waals surface area contributed by atoms with Crippen molar-refractivity contribution in [2.75, 3.05) is 5.32 Å². The van der Waals surface area contributed by atoms with E-state index in [1.54, 1.807) is 12.1 Å². The van der Waals surface area contributed by atoms with E-state index in [1.165, 1.54) is 23.8 Å². The van der Waals surface area contributed by atoms with E-state index in [-0.39, 0.29) is 5.69 Å². The summed E-state index contributed by atoms with van der Waals surface area (Å²) in [6.45, 7) is 6.61. The standard InChI is InChI=1S/C20H20N2O4/c1-12(2)17-10-18-14(8-20(23)26-19(18)7-13(17)3)11-21-15-5-4-6-16(9-15)22(24)25/h4-10,12,21H,11H2,1-3H3. The number of hydrogen-bond acceptors (Lipinski definition) is 5. The van der Waals surface area contributed by atoms with E-state index in [4.69, 9.17) is 4.42 Å². The lowest BCUT2D eigenvalue weighted by atomic mass is 9.95. The first-order chi connectivity index (χ1) is 12.3. The Kier molecular flexibility index (Phi) is 4.75. The highest BCUT2D eigenvalue weighted by Gasteiger charge is 2.12. The van der Waals surface area contributed by atoms with E-state index in [1.807, 2.05) is 13.0 Å². The van der Waals surface area contributed by atoms with Gasteiger partial charge in [-0.15, -0.1) is 0 Å². The number of nitrogens with one attached hydrogen (secondary N) is 1. The minimum absolute atomic E-state index is 0.0187. The molecule has 3 rings (SSSR count). The zero-order chi connectivity index (χ0) is 18.8. The molecule has 134 valence electrons. The molecule has 0 atom stereocenters. The van der Waals surface area contributed by atoms with Crippen molar-refractivity contribution in [3.63, 3.8) is 0 Å². The molecule has 0 fully saturated rings. The Morgan fingerprint density at radius 2 is 1.96 bits per heavy atom. The van der Waals surface area contributed by atoms with Crippen LogP contribution in [0.15, 0.2) is 51.7 Å². The molecule has 1 aromatic heterocycles. The van der Waals surface area contributed by atoms with Gasteiger partial charge in [0.1, 0.15) is 5.58 Å². The van der Waals surface area contributed by atoms with Gasteiger partial charge in [-0.25, -0.2) is 4.79 Å². The third-order valence-electron chi connectivity index (χ3n) is 4.38. The number of hydrogen-bond donors (Lipinski definition) is 1. The Morgan fingerprint density at radius 1 is 1.19 bits per heavy atom. The second-order valence-corrected chi connectivity index (χ2v) is 6.61. The van der Waals surface area contributed by atoms with Crippen molar-refractivity contribution in [1.29, 1.82) is 0 Å². The van der Waals surface area contributed by atoms with Crippen LogP contribution in [0.2, 0.25) is 0 Å². The van der Waals surface area contributed by atoms with Gasteiger partial charge in [-0.2, -0.15) is 0 Å². The number of aryl methyl sites for hydroxylation is 1. The molecule has 0 aliphatic heterocycles. The highest BCUT2D eigenvalue weighted by atomic mass is 16.6. The Labute approximate surface area is 150 Å². The summed E-state index contributed by atoms with van der Waals surface area (Å²) < 4.78 is 5.35. The number of benzene rings is 2. The molecule has 0 spiro atoms. The second-order valence-electron chi connectivity index (χ2n) is 6.61. The average molecular weight is 352 g/mol. The number of nitro benzene ring substituents is 1. The third-order valence-corrected chi connectivity index (χ3v) is 4.38. The molecule has 2 aromatic carbocycles. The van der Waals surface area contributed by atoms with E-state index < -0.39 is 10.5 Å². The van der Waals surface area contributed by atoms with Crippen LogP contribution in [0, 0.1) is 17.0 Å². The van der Waals surface area contributed by atoms with E-state index in [0.29, 0.717) is 23.7 Å². The molecule has 6 heteroatoms. The molecule has 1 heterocycles. The van der Waals surface area contributed by atoms with Crippen molar-refractivity contribution in [2.45, 2.75) is 33.2 Å². The third kappa shape index (κ3) is 3.59. The molecular weight excluding hydrogens is 332 g/mol. The SMILES string of the molecule is Cc1cc2oc(=O)cc(CNc3cccc([N+](=O)[O-])c3)c2cc1C(C)C. The fourth-order valence-corrected chi connectivity index (χ4v) is 3.09. The van der Waals surface area contributed by atoms with Gasteiger partial charge >= 0.3 is 5.63 Å². The zero-order valence-corrected chi connectivity index (χ0v) is 14.9. The summed E-state index contributed by atoms with van der Waals surface area (Å²) in [5, 5.41) is 14.9. The lowest BCUT2D eigenvalue weighted by Gasteiger charge is -2.13. The van der Waals surface area contributed by atoms with Crippen LogP contribution in [-0.2, 0) is 6.54 Å². The minimum Gasteiger partial charge on any atom is -0.423 e. The smallest absolute Gasteiger partial charge is 0.336 e. The van der Waals surface area contributed by atoms with Gasteiger partial charge in [-0.05, 0) is 47.7 Å². The van der Waals surface area contributed by atoms with E-state index >= 15 is 0 Å². The lowest BCUT2D eigenvalue weighted by molar-refractivity contribution is -0.384. The molecule has 3 aromatic rings. The Balaban J connectivity index is 1.99. The van der Waals surface area contributed by atoms with Crippen molar-refractivity contribution in [3.05, 3.63) is 79.7 Å². The van der Waals surface area contributed by atoms with Gasteiger partial charge in [0.15, 0.2) is 0 Å². The number of nitro groups is 1. The van der Waals surface area contributed by atoms with Gasteiger partial charge in [0.25, 0.3) is 5.69 Å². The van der Waals surface area contributed by atoms with Crippen LogP contribution < -0.4 is 10.9 Å². The van der Waals surface area contributed by atoms with Crippen LogP contribution >= 0.6 is 0 Å². The van der Waals surface area contributed by atoms with E-state index in [2.05, 4.69) is 25.2 Å². The Morgan fingerprint density at radius 3 is 2.65 bits per heavy atom. The quantitative estimate of drug-likeness (QED) is 0.407. The van der Waals surface area contributed by atoms with Crippen LogP contribution in [0.5, 0.6) is 0 Å². The number of fused-ring (bicyclic) bond motifs is 1. The van der Waals surface area contributed by atoms with Crippen molar-refractivity contribution in [1.82, 2.24) is 0 Å². The number of nitrogens with zero attached hydrogens (tertiary/aromatic N) is 1. The van der Waals surface area contributed by atoms with E-state index in [0.717, 1.165) is 16.5 Å². The average Bonchev–Trinajstić information content (AvgIpc) is 2.58. The van der Waals surface area contributed by atoms with Gasteiger partial charge in [0, 0.05) is 35.8 Å². The normalized spacial score (nSPS) is 11.1. The lowest BCUT2D eigenvalue weighted by Crippen LogP contribution is -2.07. The number of rotatable bonds is 5.